The van der Waals surface area contributed by atoms with Gasteiger partial charge >= 0.3 is 0 Å². The first kappa shape index (κ1) is 16.3. The first-order valence-electron chi connectivity index (χ1n) is 8.30. The second-order valence-corrected chi connectivity index (χ2v) is 7.59. The molecule has 0 amide bonds. The lowest BCUT2D eigenvalue weighted by atomic mass is 9.52. The van der Waals surface area contributed by atoms with E-state index in [0.717, 1.165) is 24.5 Å². The van der Waals surface area contributed by atoms with Crippen LogP contribution >= 0.6 is 0 Å². The van der Waals surface area contributed by atoms with Gasteiger partial charge in [-0.15, -0.1) is 0 Å². The van der Waals surface area contributed by atoms with Crippen LogP contribution in [0, 0.1) is 5.41 Å². The topological polar surface area (TPSA) is 38.8 Å². The number of hydrogen-bond donors (Lipinski definition) is 0. The van der Waals surface area contributed by atoms with E-state index < -0.39 is 0 Å². The Balaban J connectivity index is 2.16. The van der Waals surface area contributed by atoms with Crippen LogP contribution < -0.4 is 9.47 Å². The first-order chi connectivity index (χ1) is 10.9. The van der Waals surface area contributed by atoms with Crippen molar-refractivity contribution >= 4 is 5.78 Å². The molecule has 126 valence electrons. The number of ether oxygens (including phenoxy) is 2. The van der Waals surface area contributed by atoms with Crippen molar-refractivity contribution in [1.82, 2.24) is 4.90 Å². The maximum absolute atomic E-state index is 12.3. The Morgan fingerprint density at radius 2 is 1.87 bits per heavy atom. The Labute approximate surface area is 138 Å². The molecular weight excluding hydrogens is 290 g/mol. The molecule has 3 rings (SSSR count). The molecule has 2 aliphatic rings. The number of carbonyl (C=O) groups excluding carboxylic acids is 1. The molecule has 1 aliphatic carbocycles. The summed E-state index contributed by atoms with van der Waals surface area (Å²) < 4.78 is 10.9. The van der Waals surface area contributed by atoms with Gasteiger partial charge in [0.1, 0.15) is 5.78 Å². The zero-order valence-corrected chi connectivity index (χ0v) is 14.8. The Morgan fingerprint density at radius 3 is 2.52 bits per heavy atom. The van der Waals surface area contributed by atoms with Gasteiger partial charge in [-0.2, -0.15) is 0 Å². The van der Waals surface area contributed by atoms with E-state index in [0.29, 0.717) is 18.6 Å². The van der Waals surface area contributed by atoms with E-state index in [4.69, 9.17) is 9.47 Å². The highest BCUT2D eigenvalue weighted by Gasteiger charge is 2.59. The van der Waals surface area contributed by atoms with Crippen LogP contribution in [0.5, 0.6) is 11.5 Å². The second kappa shape index (κ2) is 5.52. The van der Waals surface area contributed by atoms with E-state index in [1.165, 1.54) is 5.56 Å². The van der Waals surface area contributed by atoms with Gasteiger partial charge in [0.15, 0.2) is 11.5 Å². The summed E-state index contributed by atoms with van der Waals surface area (Å²) >= 11 is 0. The smallest absolute Gasteiger partial charge is 0.161 e. The summed E-state index contributed by atoms with van der Waals surface area (Å²) in [5.74, 6) is 1.89. The number of ketones is 1. The van der Waals surface area contributed by atoms with Crippen LogP contribution in [-0.4, -0.2) is 44.5 Å². The summed E-state index contributed by atoms with van der Waals surface area (Å²) in [6.07, 6.45) is 2.36. The standard InChI is InChI=1S/C19H27NO3/c1-18(2)12-14(21)11-17-19(18,8-9-20(17)3)13-6-7-15(22-4)16(10-13)23-5/h6-7,10,17H,8-9,11-12H2,1-5H3/t17-,19+/m0/s1. The van der Waals surface area contributed by atoms with Crippen LogP contribution in [0.2, 0.25) is 0 Å². The molecule has 1 aromatic rings. The highest BCUT2D eigenvalue weighted by molar-refractivity contribution is 5.82. The van der Waals surface area contributed by atoms with Gasteiger partial charge in [0.2, 0.25) is 0 Å². The van der Waals surface area contributed by atoms with Crippen LogP contribution in [0.3, 0.4) is 0 Å². The average Bonchev–Trinajstić information content (AvgIpc) is 2.85. The molecular formula is C19H27NO3. The maximum atomic E-state index is 12.3. The number of nitrogens with zero attached hydrogens (tertiary/aromatic N) is 1. The van der Waals surface area contributed by atoms with Crippen LogP contribution in [-0.2, 0) is 10.2 Å². The largest absolute Gasteiger partial charge is 0.493 e. The normalized spacial score (nSPS) is 30.1. The molecule has 1 saturated heterocycles. The van der Waals surface area contributed by atoms with Gasteiger partial charge in [0, 0.05) is 24.3 Å². The average molecular weight is 317 g/mol. The number of rotatable bonds is 3. The van der Waals surface area contributed by atoms with Gasteiger partial charge < -0.3 is 14.4 Å². The number of likely N-dealkylation sites (N-methyl/N-ethyl adjacent to an activating group) is 1. The van der Waals surface area contributed by atoms with E-state index in [-0.39, 0.29) is 16.9 Å². The molecule has 0 bridgehead atoms. The van der Waals surface area contributed by atoms with Gasteiger partial charge in [-0.05, 0) is 43.1 Å². The molecule has 4 nitrogen and oxygen atoms in total. The van der Waals surface area contributed by atoms with Crippen molar-refractivity contribution in [3.8, 4) is 11.5 Å². The van der Waals surface area contributed by atoms with Crippen molar-refractivity contribution < 1.29 is 14.3 Å². The molecule has 0 N–H and O–H groups in total. The van der Waals surface area contributed by atoms with Crippen molar-refractivity contribution in [3.05, 3.63) is 23.8 Å². The summed E-state index contributed by atoms with van der Waals surface area (Å²) in [4.78, 5) is 14.6. The van der Waals surface area contributed by atoms with Gasteiger partial charge in [-0.25, -0.2) is 0 Å². The third kappa shape index (κ3) is 2.26. The second-order valence-electron chi connectivity index (χ2n) is 7.59. The lowest BCUT2D eigenvalue weighted by Gasteiger charge is -2.52. The highest BCUT2D eigenvalue weighted by atomic mass is 16.5. The number of benzene rings is 1. The predicted octanol–water partition coefficient (Wildman–Crippen LogP) is 3.03. The molecule has 2 fully saturated rings. The molecule has 1 aliphatic heterocycles. The van der Waals surface area contributed by atoms with Crippen LogP contribution in [0.15, 0.2) is 18.2 Å². The van der Waals surface area contributed by atoms with Gasteiger partial charge in [0.25, 0.3) is 0 Å². The zero-order valence-electron chi connectivity index (χ0n) is 14.8. The molecule has 23 heavy (non-hydrogen) atoms. The molecule has 0 radical (unpaired) electrons. The fraction of sp³-hybridized carbons (Fsp3) is 0.632. The molecule has 1 aromatic carbocycles. The number of methoxy groups -OCH3 is 2. The monoisotopic (exact) mass is 317 g/mol. The SMILES string of the molecule is COc1ccc([C@]23CCN(C)[C@H]2CC(=O)CC3(C)C)cc1OC. The number of carbonyl (C=O) groups is 1. The van der Waals surface area contributed by atoms with Crippen molar-refractivity contribution in [3.63, 3.8) is 0 Å². The van der Waals surface area contributed by atoms with E-state index in [1.807, 2.05) is 6.07 Å². The summed E-state index contributed by atoms with van der Waals surface area (Å²) in [6, 6.07) is 6.52. The maximum Gasteiger partial charge on any atom is 0.161 e. The van der Waals surface area contributed by atoms with Gasteiger partial charge in [0.05, 0.1) is 14.2 Å². The van der Waals surface area contributed by atoms with Crippen molar-refractivity contribution in [2.45, 2.75) is 44.6 Å². The number of fused-ring (bicyclic) bond motifs is 1. The minimum atomic E-state index is -0.0721. The predicted molar refractivity (Wildman–Crippen MR) is 90.3 cm³/mol. The number of likely N-dealkylation sites (tertiary alicyclic amines) is 1. The Hall–Kier alpha value is -1.55. The molecule has 4 heteroatoms. The summed E-state index contributed by atoms with van der Waals surface area (Å²) in [7, 11) is 5.47. The third-order valence-electron chi connectivity index (χ3n) is 6.13. The van der Waals surface area contributed by atoms with Crippen LogP contribution in [0.1, 0.15) is 38.7 Å². The van der Waals surface area contributed by atoms with Crippen LogP contribution in [0.25, 0.3) is 0 Å². The minimum absolute atomic E-state index is 0.0186. The molecule has 0 aromatic heterocycles. The zero-order chi connectivity index (χ0) is 16.8. The molecule has 0 unspecified atom stereocenters. The Kier molecular flexibility index (Phi) is 3.91. The summed E-state index contributed by atoms with van der Waals surface area (Å²) in [5, 5.41) is 0. The Morgan fingerprint density at radius 1 is 1.17 bits per heavy atom. The van der Waals surface area contributed by atoms with E-state index in [9.17, 15) is 4.79 Å². The van der Waals surface area contributed by atoms with E-state index >= 15 is 0 Å². The van der Waals surface area contributed by atoms with Gasteiger partial charge in [-0.1, -0.05) is 19.9 Å². The third-order valence-corrected chi connectivity index (χ3v) is 6.13. The minimum Gasteiger partial charge on any atom is -0.493 e. The lowest BCUT2D eigenvalue weighted by molar-refractivity contribution is -0.128. The molecule has 1 saturated carbocycles. The molecule has 0 spiro atoms. The van der Waals surface area contributed by atoms with Crippen molar-refractivity contribution in [1.29, 1.82) is 0 Å². The van der Waals surface area contributed by atoms with Crippen molar-refractivity contribution in [2.75, 3.05) is 27.8 Å². The quantitative estimate of drug-likeness (QED) is 0.859. The number of hydrogen-bond acceptors (Lipinski definition) is 4. The number of Topliss-reactive ketones (excluding diaryl/α,β-unsaturated/α-hetero) is 1. The van der Waals surface area contributed by atoms with Gasteiger partial charge in [-0.3, -0.25) is 4.79 Å². The Bertz CT molecular complexity index is 625. The molecule has 2 atom stereocenters. The van der Waals surface area contributed by atoms with E-state index in [2.05, 4.69) is 37.9 Å². The lowest BCUT2D eigenvalue weighted by Crippen LogP contribution is -2.56. The molecule has 1 heterocycles. The summed E-state index contributed by atoms with van der Waals surface area (Å²) in [5.41, 5.74) is 1.18. The van der Waals surface area contributed by atoms with Crippen LogP contribution in [0.4, 0.5) is 0 Å². The van der Waals surface area contributed by atoms with E-state index in [1.54, 1.807) is 14.2 Å². The fourth-order valence-corrected chi connectivity index (χ4v) is 4.95. The first-order valence-corrected chi connectivity index (χ1v) is 8.30. The van der Waals surface area contributed by atoms with Crippen molar-refractivity contribution in [2.24, 2.45) is 5.41 Å². The fourth-order valence-electron chi connectivity index (χ4n) is 4.95. The highest BCUT2D eigenvalue weighted by Crippen LogP contribution is 2.58. The summed E-state index contributed by atoms with van der Waals surface area (Å²) in [6.45, 7) is 5.51.